The molecule has 2 aromatic rings. The highest BCUT2D eigenvalue weighted by atomic mass is 16.2. The molecule has 0 saturated carbocycles. The van der Waals surface area contributed by atoms with Crippen LogP contribution in [0.1, 0.15) is 34.1 Å². The molecule has 8 heteroatoms. The van der Waals surface area contributed by atoms with E-state index < -0.39 is 29.1 Å². The largest absolute Gasteiger partial charge is 0.368 e. The van der Waals surface area contributed by atoms with Gasteiger partial charge in [0.25, 0.3) is 0 Å². The molecule has 0 radical (unpaired) electrons. The first-order chi connectivity index (χ1) is 13.0. The van der Waals surface area contributed by atoms with Gasteiger partial charge in [0.15, 0.2) is 0 Å². The van der Waals surface area contributed by atoms with Crippen LogP contribution >= 0.6 is 0 Å². The monoisotopic (exact) mass is 389 g/mol. The van der Waals surface area contributed by atoms with Gasteiger partial charge in [-0.05, 0) is 38.1 Å². The predicted molar refractivity (Wildman–Crippen MR) is 110 cm³/mol. The molecule has 2 amide bonds. The van der Waals surface area contributed by atoms with Crippen LogP contribution in [0.4, 0.5) is 4.79 Å². The van der Waals surface area contributed by atoms with E-state index in [9.17, 15) is 14.4 Å². The molecule has 0 fully saturated rings. The molecular formula is C20H31N5O3. The number of imidazole rings is 1. The number of likely N-dealkylation sites (N-methyl/N-ethyl adjacent to an activating group) is 1. The van der Waals surface area contributed by atoms with Crippen LogP contribution in [-0.4, -0.2) is 52.2 Å². The molecule has 0 bridgehead atoms. The van der Waals surface area contributed by atoms with Gasteiger partial charge in [0.05, 0.1) is 11.0 Å². The summed E-state index contributed by atoms with van der Waals surface area (Å²) in [6, 6.07) is 5.73. The summed E-state index contributed by atoms with van der Waals surface area (Å²) in [5.74, 6) is -0.642. The Morgan fingerprint density at radius 3 is 2.21 bits per heavy atom. The molecule has 2 atom stereocenters. The lowest BCUT2D eigenvalue weighted by molar-refractivity contribution is -0.122. The highest BCUT2D eigenvalue weighted by Crippen LogP contribution is 2.20. The molecule has 0 saturated heterocycles. The second-order valence-electron chi connectivity index (χ2n) is 8.39. The van der Waals surface area contributed by atoms with Crippen LogP contribution in [0.3, 0.4) is 0 Å². The van der Waals surface area contributed by atoms with E-state index in [1.165, 1.54) is 0 Å². The zero-order valence-electron chi connectivity index (χ0n) is 17.5. The number of hydrogen-bond donors (Lipinski definition) is 2. The van der Waals surface area contributed by atoms with Gasteiger partial charge in [-0.1, -0.05) is 39.8 Å². The van der Waals surface area contributed by atoms with E-state index in [1.807, 2.05) is 26.2 Å². The standard InChI is InChI=1S/C20H31N5O3/c1-7-13(23(5)6)12-24-14-10-8-9-11-15(14)25(19(24)28)18(27)22-16(17(21)26)20(2,3)4/h8-11,13,16H,7,12H2,1-6H3,(H2,21,26)(H,22,27). The molecule has 0 aliphatic heterocycles. The molecule has 1 aromatic carbocycles. The minimum atomic E-state index is -0.904. The Hall–Kier alpha value is -2.61. The van der Waals surface area contributed by atoms with Crippen LogP contribution in [0.5, 0.6) is 0 Å². The Labute approximate surface area is 165 Å². The van der Waals surface area contributed by atoms with Crippen molar-refractivity contribution < 1.29 is 9.59 Å². The summed E-state index contributed by atoms with van der Waals surface area (Å²) in [7, 11) is 3.93. The minimum absolute atomic E-state index is 0.146. The predicted octanol–water partition coefficient (Wildman–Crippen LogP) is 1.60. The highest BCUT2D eigenvalue weighted by molar-refractivity contribution is 5.92. The highest BCUT2D eigenvalue weighted by Gasteiger charge is 2.32. The average Bonchev–Trinajstić information content (AvgIpc) is 2.87. The van der Waals surface area contributed by atoms with Crippen molar-refractivity contribution in [2.75, 3.05) is 14.1 Å². The van der Waals surface area contributed by atoms with Crippen LogP contribution in [0.15, 0.2) is 29.1 Å². The number of primary amides is 1. The number of aromatic nitrogens is 2. The third kappa shape index (κ3) is 4.27. The van der Waals surface area contributed by atoms with Gasteiger partial charge >= 0.3 is 11.7 Å². The first-order valence-electron chi connectivity index (χ1n) is 9.45. The van der Waals surface area contributed by atoms with E-state index >= 15 is 0 Å². The summed E-state index contributed by atoms with van der Waals surface area (Å²) in [6.07, 6.45) is 0.860. The van der Waals surface area contributed by atoms with E-state index in [2.05, 4.69) is 17.1 Å². The Morgan fingerprint density at radius 2 is 1.75 bits per heavy atom. The van der Waals surface area contributed by atoms with Gasteiger partial charge < -0.3 is 16.0 Å². The molecule has 8 nitrogen and oxygen atoms in total. The molecular weight excluding hydrogens is 358 g/mol. The molecule has 28 heavy (non-hydrogen) atoms. The number of nitrogens with one attached hydrogen (secondary N) is 1. The maximum Gasteiger partial charge on any atom is 0.337 e. The molecule has 2 unspecified atom stereocenters. The van der Waals surface area contributed by atoms with Gasteiger partial charge in [0.1, 0.15) is 6.04 Å². The second kappa shape index (κ2) is 8.18. The molecule has 3 N–H and O–H groups in total. The van der Waals surface area contributed by atoms with E-state index in [4.69, 9.17) is 5.73 Å². The number of amides is 2. The van der Waals surface area contributed by atoms with Gasteiger partial charge in [0, 0.05) is 12.6 Å². The number of carbonyl (C=O) groups is 2. The SMILES string of the molecule is CCC(Cn1c(=O)n(C(=O)NC(C(N)=O)C(C)(C)C)c2ccccc21)N(C)C. The van der Waals surface area contributed by atoms with Crippen molar-refractivity contribution in [3.8, 4) is 0 Å². The van der Waals surface area contributed by atoms with E-state index in [0.717, 1.165) is 11.0 Å². The van der Waals surface area contributed by atoms with Crippen molar-refractivity contribution in [1.29, 1.82) is 0 Å². The number of nitrogens with two attached hydrogens (primary N) is 1. The van der Waals surface area contributed by atoms with E-state index in [1.54, 1.807) is 37.5 Å². The molecule has 1 heterocycles. The maximum atomic E-state index is 13.1. The number of nitrogens with zero attached hydrogens (tertiary/aromatic N) is 3. The number of benzene rings is 1. The Morgan fingerprint density at radius 1 is 1.18 bits per heavy atom. The van der Waals surface area contributed by atoms with Crippen LogP contribution in [0.2, 0.25) is 0 Å². The van der Waals surface area contributed by atoms with E-state index in [-0.39, 0.29) is 6.04 Å². The van der Waals surface area contributed by atoms with Crippen molar-refractivity contribution in [3.05, 3.63) is 34.7 Å². The van der Waals surface area contributed by atoms with Gasteiger partial charge in [-0.3, -0.25) is 9.36 Å². The first-order valence-corrected chi connectivity index (χ1v) is 9.45. The third-order valence-corrected chi connectivity index (χ3v) is 5.05. The number of hydrogen-bond acceptors (Lipinski definition) is 4. The summed E-state index contributed by atoms with van der Waals surface area (Å²) in [6.45, 7) is 7.93. The van der Waals surface area contributed by atoms with Gasteiger partial charge in [-0.2, -0.15) is 0 Å². The summed E-state index contributed by atoms with van der Waals surface area (Å²) >= 11 is 0. The Balaban J connectivity index is 2.54. The van der Waals surface area contributed by atoms with Crippen molar-refractivity contribution in [3.63, 3.8) is 0 Å². The molecule has 0 spiro atoms. The number of rotatable bonds is 6. The topological polar surface area (TPSA) is 102 Å². The Bertz CT molecular complexity index is 920. The number of fused-ring (bicyclic) bond motifs is 1. The van der Waals surface area contributed by atoms with Crippen molar-refractivity contribution in [2.24, 2.45) is 11.1 Å². The smallest absolute Gasteiger partial charge is 0.337 e. The Kier molecular flexibility index (Phi) is 6.34. The van der Waals surface area contributed by atoms with Crippen LogP contribution in [0, 0.1) is 5.41 Å². The van der Waals surface area contributed by atoms with Crippen LogP contribution in [0.25, 0.3) is 11.0 Å². The van der Waals surface area contributed by atoms with Crippen molar-refractivity contribution in [1.82, 2.24) is 19.4 Å². The average molecular weight is 390 g/mol. The van der Waals surface area contributed by atoms with E-state index in [0.29, 0.717) is 17.6 Å². The van der Waals surface area contributed by atoms with Gasteiger partial charge in [0.2, 0.25) is 5.91 Å². The van der Waals surface area contributed by atoms with Crippen molar-refractivity contribution in [2.45, 2.75) is 52.7 Å². The van der Waals surface area contributed by atoms with Gasteiger partial charge in [-0.15, -0.1) is 0 Å². The summed E-state index contributed by atoms with van der Waals surface area (Å²) in [5, 5.41) is 2.63. The lowest BCUT2D eigenvalue weighted by atomic mass is 9.86. The molecule has 2 rings (SSSR count). The fourth-order valence-electron chi connectivity index (χ4n) is 3.35. The quantitative estimate of drug-likeness (QED) is 0.783. The van der Waals surface area contributed by atoms with Crippen molar-refractivity contribution >= 4 is 23.0 Å². The zero-order valence-corrected chi connectivity index (χ0v) is 17.5. The fraction of sp³-hybridized carbons (Fsp3) is 0.550. The summed E-state index contributed by atoms with van der Waals surface area (Å²) in [5.41, 5.74) is 5.63. The summed E-state index contributed by atoms with van der Waals surface area (Å²) < 4.78 is 2.69. The van der Waals surface area contributed by atoms with Gasteiger partial charge in [-0.25, -0.2) is 14.2 Å². The number of para-hydroxylation sites is 2. The first kappa shape index (κ1) is 21.7. The molecule has 0 aliphatic carbocycles. The molecule has 154 valence electrons. The molecule has 1 aromatic heterocycles. The lowest BCUT2D eigenvalue weighted by Crippen LogP contribution is -2.54. The summed E-state index contributed by atoms with van der Waals surface area (Å²) in [4.78, 5) is 40.0. The normalized spacial score (nSPS) is 14.2. The zero-order chi connectivity index (χ0) is 21.2. The lowest BCUT2D eigenvalue weighted by Gasteiger charge is -2.28. The number of carbonyl (C=O) groups excluding carboxylic acids is 2. The van der Waals surface area contributed by atoms with Crippen LogP contribution in [-0.2, 0) is 11.3 Å². The van der Waals surface area contributed by atoms with Crippen LogP contribution < -0.4 is 16.7 Å². The minimum Gasteiger partial charge on any atom is -0.368 e. The third-order valence-electron chi connectivity index (χ3n) is 5.05. The fourth-order valence-corrected chi connectivity index (χ4v) is 3.35. The maximum absolute atomic E-state index is 13.1. The molecule has 0 aliphatic rings. The second-order valence-corrected chi connectivity index (χ2v) is 8.39.